The minimum absolute atomic E-state index is 0.145. The van der Waals surface area contributed by atoms with Crippen LogP contribution in [-0.4, -0.2) is 182 Å². The van der Waals surface area contributed by atoms with Gasteiger partial charge in [0.05, 0.1) is 26.9 Å². The first-order valence-electron chi connectivity index (χ1n) is 17.2. The van der Waals surface area contributed by atoms with E-state index in [9.17, 15) is 61.0 Å². The second-order valence-corrected chi connectivity index (χ2v) is 13.0. The van der Waals surface area contributed by atoms with Crippen LogP contribution in [0.2, 0.25) is 0 Å². The van der Waals surface area contributed by atoms with Crippen LogP contribution in [0, 0.1) is 0 Å². The first-order valence-corrected chi connectivity index (χ1v) is 17.2. The van der Waals surface area contributed by atoms with Crippen molar-refractivity contribution in [3.05, 3.63) is 53.6 Å². The molecule has 14 atom stereocenters. The van der Waals surface area contributed by atoms with Crippen molar-refractivity contribution in [1.29, 1.82) is 0 Å². The Bertz CT molecular complexity index is 1590. The summed E-state index contributed by atoms with van der Waals surface area (Å²) in [6, 6.07) is 8.42. The highest BCUT2D eigenvalue weighted by molar-refractivity contribution is 5.87. The maximum absolute atomic E-state index is 12.7. The molecule has 55 heavy (non-hydrogen) atoms. The summed E-state index contributed by atoms with van der Waals surface area (Å²) in [6.45, 7) is -2.12. The smallest absolute Gasteiger partial charge is 0.330 e. The number of phenols is 3. The molecule has 0 spiro atoms. The number of phenolic OH excluding ortho intramolecular Hbond substituents is 3. The van der Waals surface area contributed by atoms with Crippen LogP contribution in [0.3, 0.4) is 0 Å². The first-order chi connectivity index (χ1) is 26.2. The van der Waals surface area contributed by atoms with E-state index in [2.05, 4.69) is 0 Å². The van der Waals surface area contributed by atoms with Gasteiger partial charge in [-0.1, -0.05) is 12.1 Å². The predicted octanol–water partition coefficient (Wildman–Crippen LogP) is -3.28. The summed E-state index contributed by atoms with van der Waals surface area (Å²) >= 11 is 0. The Morgan fingerprint density at radius 1 is 0.764 bits per heavy atom. The van der Waals surface area contributed by atoms with E-state index in [1.807, 2.05) is 0 Å². The molecular formula is C35H46O20. The molecule has 11 N–H and O–H groups in total. The van der Waals surface area contributed by atoms with Crippen molar-refractivity contribution in [2.24, 2.45) is 0 Å². The Kier molecular flexibility index (Phi) is 14.6. The summed E-state index contributed by atoms with van der Waals surface area (Å²) in [5.41, 5.74) is 0.917. The molecule has 0 radical (unpaired) electrons. The van der Waals surface area contributed by atoms with Crippen molar-refractivity contribution in [2.75, 3.05) is 33.5 Å². The fraction of sp³-hybridized carbons (Fsp3) is 0.571. The van der Waals surface area contributed by atoms with E-state index in [4.69, 9.17) is 37.9 Å². The zero-order valence-electron chi connectivity index (χ0n) is 29.3. The molecule has 0 unspecified atom stereocenters. The summed E-state index contributed by atoms with van der Waals surface area (Å²) in [7, 11) is 1.38. The summed E-state index contributed by atoms with van der Waals surface area (Å²) in [5, 5.41) is 113. The number of hydrogen-bond acceptors (Lipinski definition) is 20. The maximum atomic E-state index is 12.7. The number of aromatic hydroxyl groups is 3. The molecular weight excluding hydrogens is 740 g/mol. The molecule has 3 aliphatic heterocycles. The zero-order chi connectivity index (χ0) is 40.0. The number of methoxy groups -OCH3 is 1. The normalized spacial score (nSPS) is 35.4. The lowest BCUT2D eigenvalue weighted by atomic mass is 9.96. The lowest BCUT2D eigenvalue weighted by Crippen LogP contribution is -2.66. The van der Waals surface area contributed by atoms with Crippen molar-refractivity contribution in [3.63, 3.8) is 0 Å². The van der Waals surface area contributed by atoms with Gasteiger partial charge in [0.1, 0.15) is 73.8 Å². The summed E-state index contributed by atoms with van der Waals surface area (Å²) < 4.78 is 45.3. The highest BCUT2D eigenvalue weighted by Gasteiger charge is 2.54. The Morgan fingerprint density at radius 2 is 1.47 bits per heavy atom. The van der Waals surface area contributed by atoms with E-state index in [1.54, 1.807) is 6.07 Å². The van der Waals surface area contributed by atoms with Gasteiger partial charge in [-0.25, -0.2) is 4.79 Å². The van der Waals surface area contributed by atoms with Crippen molar-refractivity contribution >= 4 is 12.0 Å². The van der Waals surface area contributed by atoms with Crippen LogP contribution in [-0.2, 0) is 44.4 Å². The van der Waals surface area contributed by atoms with E-state index in [0.717, 1.165) is 6.08 Å². The SMILES string of the molecule is COc1ccc(CCO[C@@H]2O[C@H](COC(=O)C=Cc3ccc(O)c(O)c3)[C@@H](O)[C@H](O[C@@H]3O[C@H](CO)[C@@H](O)[C@H](O)[C@H]3O)[C@H]2O[C@H]2OC[C@@H](O)[C@@H](O)[C@@H]2O)cc1O. The van der Waals surface area contributed by atoms with Gasteiger partial charge in [-0.15, -0.1) is 0 Å². The van der Waals surface area contributed by atoms with E-state index in [0.29, 0.717) is 11.1 Å². The first kappa shape index (κ1) is 42.4. The highest BCUT2D eigenvalue weighted by atomic mass is 16.8. The summed E-state index contributed by atoms with van der Waals surface area (Å²) in [5.74, 6) is -1.65. The van der Waals surface area contributed by atoms with Gasteiger partial charge in [0.15, 0.2) is 41.9 Å². The molecule has 3 fully saturated rings. The fourth-order valence-electron chi connectivity index (χ4n) is 6.06. The van der Waals surface area contributed by atoms with Gasteiger partial charge in [0, 0.05) is 6.08 Å². The minimum Gasteiger partial charge on any atom is -0.504 e. The highest BCUT2D eigenvalue weighted by Crippen LogP contribution is 2.34. The number of carbonyl (C=O) groups is 1. The number of ether oxygens (including phenoxy) is 8. The molecule has 3 heterocycles. The van der Waals surface area contributed by atoms with Crippen LogP contribution in [0.15, 0.2) is 42.5 Å². The molecule has 5 rings (SSSR count). The van der Waals surface area contributed by atoms with Crippen LogP contribution >= 0.6 is 0 Å². The summed E-state index contributed by atoms with van der Waals surface area (Å²) in [6.07, 6.45) is -21.5. The van der Waals surface area contributed by atoms with Crippen molar-refractivity contribution in [2.45, 2.75) is 92.4 Å². The molecule has 306 valence electrons. The van der Waals surface area contributed by atoms with Crippen LogP contribution < -0.4 is 4.74 Å². The van der Waals surface area contributed by atoms with Gasteiger partial charge in [0.2, 0.25) is 0 Å². The van der Waals surface area contributed by atoms with Crippen LogP contribution in [0.5, 0.6) is 23.0 Å². The maximum Gasteiger partial charge on any atom is 0.330 e. The van der Waals surface area contributed by atoms with Crippen molar-refractivity contribution in [1.82, 2.24) is 0 Å². The Balaban J connectivity index is 1.41. The van der Waals surface area contributed by atoms with Gasteiger partial charge in [0.25, 0.3) is 0 Å². The minimum atomic E-state index is -1.95. The molecule has 0 bridgehead atoms. The van der Waals surface area contributed by atoms with Gasteiger partial charge in [-0.2, -0.15) is 0 Å². The zero-order valence-corrected chi connectivity index (χ0v) is 29.3. The summed E-state index contributed by atoms with van der Waals surface area (Å²) in [4.78, 5) is 12.7. The Hall–Kier alpha value is -3.71. The van der Waals surface area contributed by atoms with E-state index in [1.165, 1.54) is 43.5 Å². The molecule has 0 aromatic heterocycles. The van der Waals surface area contributed by atoms with E-state index >= 15 is 0 Å². The third-order valence-corrected chi connectivity index (χ3v) is 9.22. The molecule has 3 saturated heterocycles. The monoisotopic (exact) mass is 786 g/mol. The second-order valence-electron chi connectivity index (χ2n) is 13.0. The van der Waals surface area contributed by atoms with Crippen molar-refractivity contribution < 1.29 is 98.9 Å². The molecule has 0 saturated carbocycles. The van der Waals surface area contributed by atoms with Crippen molar-refractivity contribution in [3.8, 4) is 23.0 Å². The molecule has 20 nitrogen and oxygen atoms in total. The number of carbonyl (C=O) groups excluding carboxylic acids is 1. The molecule has 3 aliphatic rings. The van der Waals surface area contributed by atoms with Gasteiger partial charge >= 0.3 is 5.97 Å². The standard InChI is InChI=1S/C35H46O20/c1-48-21-6-3-16(11-19(21)39)8-9-49-35-32(55-33-29(46)25(42)20(40)13-51-33)31(54-34-30(47)28(45)26(43)22(12-36)52-34)27(44)23(53-35)14-50-24(41)7-4-15-2-5-17(37)18(38)10-15/h2-7,10-11,20,22-23,25-40,42-47H,8-9,12-14H2,1H3/t20-,22-,23-,25-,26-,27-,28+,29+,30-,31+,32-,33-,34+,35-/m1/s1. The Morgan fingerprint density at radius 3 is 2.16 bits per heavy atom. The fourth-order valence-corrected chi connectivity index (χ4v) is 6.06. The molecule has 20 heteroatoms. The topological polar surface area (TPSA) is 313 Å². The third kappa shape index (κ3) is 10.2. The number of hydrogen-bond donors (Lipinski definition) is 11. The number of benzene rings is 2. The second kappa shape index (κ2) is 19.0. The quantitative estimate of drug-likeness (QED) is 0.0508. The van der Waals surface area contributed by atoms with Gasteiger partial charge in [-0.3, -0.25) is 0 Å². The molecule has 2 aromatic rings. The average molecular weight is 787 g/mol. The number of aliphatic hydroxyl groups excluding tert-OH is 8. The van der Waals surface area contributed by atoms with Crippen LogP contribution in [0.4, 0.5) is 0 Å². The lowest BCUT2D eigenvalue weighted by molar-refractivity contribution is -0.386. The lowest BCUT2D eigenvalue weighted by Gasteiger charge is -2.48. The van der Waals surface area contributed by atoms with Gasteiger partial charge < -0.3 is 94.1 Å². The molecule has 0 amide bonds. The largest absolute Gasteiger partial charge is 0.504 e. The van der Waals surface area contributed by atoms with E-state index in [-0.39, 0.29) is 30.3 Å². The Labute approximate surface area is 313 Å². The number of aliphatic hydroxyl groups is 8. The van der Waals surface area contributed by atoms with Gasteiger partial charge in [-0.05, 0) is 47.9 Å². The van der Waals surface area contributed by atoms with Crippen LogP contribution in [0.1, 0.15) is 11.1 Å². The van der Waals surface area contributed by atoms with E-state index < -0.39 is 118 Å². The predicted molar refractivity (Wildman–Crippen MR) is 180 cm³/mol. The average Bonchev–Trinajstić information content (AvgIpc) is 3.17. The molecule has 2 aromatic carbocycles. The van der Waals surface area contributed by atoms with Crippen LogP contribution in [0.25, 0.3) is 6.08 Å². The number of rotatable bonds is 14. The third-order valence-electron chi connectivity index (χ3n) is 9.22. The number of esters is 1. The molecule has 0 aliphatic carbocycles.